The molecule has 0 aliphatic heterocycles. The summed E-state index contributed by atoms with van der Waals surface area (Å²) in [5.41, 5.74) is 5.65. The maximum absolute atomic E-state index is 13.7. The molecule has 3 aromatic rings. The van der Waals surface area contributed by atoms with E-state index in [-0.39, 0.29) is 11.8 Å². The normalized spacial score (nSPS) is 11.6. The number of nitrogens with zero attached hydrogens (tertiary/aromatic N) is 1. The van der Waals surface area contributed by atoms with Gasteiger partial charge in [0.2, 0.25) is 11.8 Å². The summed E-state index contributed by atoms with van der Waals surface area (Å²) in [4.78, 5) is 28.8. The maximum Gasteiger partial charge on any atom is 0.243 e. The number of hydrogen-bond acceptors (Lipinski definition) is 2. The molecule has 184 valence electrons. The lowest BCUT2D eigenvalue weighted by Crippen LogP contribution is -2.50. The summed E-state index contributed by atoms with van der Waals surface area (Å²) in [5, 5.41) is 3.04. The number of carbonyl (C=O) groups is 2. The molecule has 1 N–H and O–H groups in total. The summed E-state index contributed by atoms with van der Waals surface area (Å²) in [6.07, 6.45) is 3.35. The molecule has 3 rings (SSSR count). The number of aryl methyl sites for hydroxylation is 3. The standard InChI is InChI=1S/C31H38N2O2/c1-4-20-32-31(35)29(22-27-11-7-6-8-12-27)33(23-28-13-9-10-24(3)21-28)30(34)19-18-26-16-14-25(5-2)15-17-26/h6-17,21,29H,4-5,18-20,22-23H2,1-3H3,(H,32,35)/t29-/m0/s1. The van der Waals surface area contributed by atoms with E-state index in [0.717, 1.165) is 35.1 Å². The highest BCUT2D eigenvalue weighted by Crippen LogP contribution is 2.18. The molecule has 35 heavy (non-hydrogen) atoms. The summed E-state index contributed by atoms with van der Waals surface area (Å²) in [6, 6.07) is 26.0. The number of benzene rings is 3. The molecule has 0 spiro atoms. The Hall–Kier alpha value is -3.40. The Balaban J connectivity index is 1.87. The zero-order chi connectivity index (χ0) is 25.0. The highest BCUT2D eigenvalue weighted by atomic mass is 16.2. The zero-order valence-electron chi connectivity index (χ0n) is 21.3. The first kappa shape index (κ1) is 26.2. The van der Waals surface area contributed by atoms with Crippen molar-refractivity contribution in [2.24, 2.45) is 0 Å². The van der Waals surface area contributed by atoms with Crippen molar-refractivity contribution in [3.8, 4) is 0 Å². The summed E-state index contributed by atoms with van der Waals surface area (Å²) in [7, 11) is 0. The van der Waals surface area contributed by atoms with E-state index in [1.165, 1.54) is 5.56 Å². The first-order valence-corrected chi connectivity index (χ1v) is 12.7. The van der Waals surface area contributed by atoms with Crippen LogP contribution in [0.5, 0.6) is 0 Å². The largest absolute Gasteiger partial charge is 0.354 e. The molecule has 0 heterocycles. The topological polar surface area (TPSA) is 49.4 Å². The minimum atomic E-state index is -0.570. The van der Waals surface area contributed by atoms with Crippen LogP contribution in [0.1, 0.15) is 54.5 Å². The molecular formula is C31H38N2O2. The van der Waals surface area contributed by atoms with Crippen LogP contribution in [0.3, 0.4) is 0 Å². The average Bonchev–Trinajstić information content (AvgIpc) is 2.88. The van der Waals surface area contributed by atoms with Gasteiger partial charge in [0.1, 0.15) is 6.04 Å². The van der Waals surface area contributed by atoms with Crippen LogP contribution in [0.25, 0.3) is 0 Å². The molecule has 0 bridgehead atoms. The highest BCUT2D eigenvalue weighted by molar-refractivity contribution is 5.88. The third-order valence-electron chi connectivity index (χ3n) is 6.31. The first-order valence-electron chi connectivity index (χ1n) is 12.7. The second kappa shape index (κ2) is 13.5. The van der Waals surface area contributed by atoms with Crippen LogP contribution in [-0.2, 0) is 35.4 Å². The Kier molecular flexibility index (Phi) is 10.1. The van der Waals surface area contributed by atoms with E-state index < -0.39 is 6.04 Å². The first-order chi connectivity index (χ1) is 17.0. The molecule has 2 amide bonds. The third kappa shape index (κ3) is 8.10. The molecule has 0 aliphatic rings. The molecule has 0 fully saturated rings. The van der Waals surface area contributed by atoms with Crippen LogP contribution in [-0.4, -0.2) is 29.3 Å². The van der Waals surface area contributed by atoms with E-state index in [4.69, 9.17) is 0 Å². The molecule has 0 saturated carbocycles. The van der Waals surface area contributed by atoms with Gasteiger partial charge in [-0.1, -0.05) is 98.3 Å². The Morgan fingerprint density at radius 3 is 2.17 bits per heavy atom. The molecule has 0 radical (unpaired) electrons. The Morgan fingerprint density at radius 2 is 1.51 bits per heavy atom. The van der Waals surface area contributed by atoms with Gasteiger partial charge in [-0.05, 0) is 48.4 Å². The Bertz CT molecular complexity index is 1080. The molecule has 0 saturated heterocycles. The lowest BCUT2D eigenvalue weighted by molar-refractivity contribution is -0.141. The minimum Gasteiger partial charge on any atom is -0.354 e. The van der Waals surface area contributed by atoms with Crippen molar-refractivity contribution in [2.45, 2.75) is 65.5 Å². The summed E-state index contributed by atoms with van der Waals surface area (Å²) in [5.74, 6) is -0.0948. The van der Waals surface area contributed by atoms with Gasteiger partial charge in [-0.2, -0.15) is 0 Å². The van der Waals surface area contributed by atoms with Gasteiger partial charge in [-0.3, -0.25) is 9.59 Å². The number of amides is 2. The Morgan fingerprint density at radius 1 is 0.829 bits per heavy atom. The van der Waals surface area contributed by atoms with Gasteiger partial charge in [0.15, 0.2) is 0 Å². The molecule has 1 atom stereocenters. The highest BCUT2D eigenvalue weighted by Gasteiger charge is 2.30. The second-order valence-corrected chi connectivity index (χ2v) is 9.18. The molecule has 4 heteroatoms. The van der Waals surface area contributed by atoms with E-state index in [1.807, 2.05) is 62.4 Å². The lowest BCUT2D eigenvalue weighted by atomic mass is 10.0. The zero-order valence-corrected chi connectivity index (χ0v) is 21.3. The minimum absolute atomic E-state index is 0.00125. The SMILES string of the molecule is CCCNC(=O)[C@H](Cc1ccccc1)N(Cc1cccc(C)c1)C(=O)CCc1ccc(CC)cc1. The second-order valence-electron chi connectivity index (χ2n) is 9.18. The van der Waals surface area contributed by atoms with Gasteiger partial charge in [0.05, 0.1) is 0 Å². The van der Waals surface area contributed by atoms with Crippen molar-refractivity contribution >= 4 is 11.8 Å². The number of carbonyl (C=O) groups excluding carboxylic acids is 2. The van der Waals surface area contributed by atoms with Crippen LogP contribution in [0.15, 0.2) is 78.9 Å². The van der Waals surface area contributed by atoms with Crippen LogP contribution in [0.2, 0.25) is 0 Å². The number of rotatable bonds is 12. The van der Waals surface area contributed by atoms with Gasteiger partial charge in [-0.15, -0.1) is 0 Å². The fraction of sp³-hybridized carbons (Fsp3) is 0.355. The van der Waals surface area contributed by atoms with Crippen LogP contribution in [0, 0.1) is 6.92 Å². The molecular weight excluding hydrogens is 432 g/mol. The van der Waals surface area contributed by atoms with E-state index in [1.54, 1.807) is 4.90 Å². The molecule has 0 aromatic heterocycles. The molecule has 0 unspecified atom stereocenters. The van der Waals surface area contributed by atoms with Crippen molar-refractivity contribution in [2.75, 3.05) is 6.54 Å². The fourth-order valence-corrected chi connectivity index (χ4v) is 4.26. The van der Waals surface area contributed by atoms with E-state index in [2.05, 4.69) is 42.6 Å². The summed E-state index contributed by atoms with van der Waals surface area (Å²) in [6.45, 7) is 7.22. The molecule has 4 nitrogen and oxygen atoms in total. The van der Waals surface area contributed by atoms with E-state index in [0.29, 0.717) is 32.4 Å². The lowest BCUT2D eigenvalue weighted by Gasteiger charge is -2.32. The van der Waals surface area contributed by atoms with Gasteiger partial charge in [-0.25, -0.2) is 0 Å². The summed E-state index contributed by atoms with van der Waals surface area (Å²) >= 11 is 0. The van der Waals surface area contributed by atoms with E-state index >= 15 is 0 Å². The number of hydrogen-bond donors (Lipinski definition) is 1. The maximum atomic E-state index is 13.7. The third-order valence-corrected chi connectivity index (χ3v) is 6.31. The number of nitrogens with one attached hydrogen (secondary N) is 1. The Labute approximate surface area is 210 Å². The summed E-state index contributed by atoms with van der Waals surface area (Å²) < 4.78 is 0. The van der Waals surface area contributed by atoms with E-state index in [9.17, 15) is 9.59 Å². The molecule has 0 aliphatic carbocycles. The van der Waals surface area contributed by atoms with Crippen molar-refractivity contribution < 1.29 is 9.59 Å². The van der Waals surface area contributed by atoms with Crippen LogP contribution >= 0.6 is 0 Å². The van der Waals surface area contributed by atoms with Crippen LogP contribution in [0.4, 0.5) is 0 Å². The van der Waals surface area contributed by atoms with Crippen molar-refractivity contribution in [3.05, 3.63) is 107 Å². The average molecular weight is 471 g/mol. The predicted octanol–water partition coefficient (Wildman–Crippen LogP) is 5.66. The fourth-order valence-electron chi connectivity index (χ4n) is 4.26. The predicted molar refractivity (Wildman–Crippen MR) is 143 cm³/mol. The van der Waals surface area contributed by atoms with Gasteiger partial charge in [0, 0.05) is 25.9 Å². The monoisotopic (exact) mass is 470 g/mol. The van der Waals surface area contributed by atoms with Crippen molar-refractivity contribution in [3.63, 3.8) is 0 Å². The van der Waals surface area contributed by atoms with Crippen LogP contribution < -0.4 is 5.32 Å². The smallest absolute Gasteiger partial charge is 0.243 e. The molecule has 3 aromatic carbocycles. The quantitative estimate of drug-likeness (QED) is 0.371. The van der Waals surface area contributed by atoms with Crippen molar-refractivity contribution in [1.29, 1.82) is 0 Å². The van der Waals surface area contributed by atoms with Gasteiger partial charge < -0.3 is 10.2 Å². The van der Waals surface area contributed by atoms with Crippen molar-refractivity contribution in [1.82, 2.24) is 10.2 Å². The van der Waals surface area contributed by atoms with Gasteiger partial charge in [0.25, 0.3) is 0 Å². The van der Waals surface area contributed by atoms with Gasteiger partial charge >= 0.3 is 0 Å².